The average Bonchev–Trinajstić information content (AvgIpc) is 2.49. The summed E-state index contributed by atoms with van der Waals surface area (Å²) in [5.74, 6) is -2.97. The Morgan fingerprint density at radius 2 is 2.12 bits per heavy atom. The molecule has 94 valence electrons. The molecule has 1 amide bonds. The van der Waals surface area contributed by atoms with Gasteiger partial charge in [0.25, 0.3) is 5.91 Å². The number of hydrogen-bond donors (Lipinski definition) is 1. The fraction of sp³-hybridized carbons (Fsp3) is 0.545. The number of aliphatic imine (C=N–C) groups is 1. The molecule has 0 saturated carbocycles. The number of nitrogens with zero attached hydrogens (tertiary/aromatic N) is 2. The van der Waals surface area contributed by atoms with Crippen LogP contribution in [0.1, 0.15) is 13.8 Å². The Balaban J connectivity index is 3.23. The van der Waals surface area contributed by atoms with Crippen molar-refractivity contribution in [2.75, 3.05) is 14.1 Å². The van der Waals surface area contributed by atoms with Gasteiger partial charge in [0.1, 0.15) is 5.76 Å². The molecule has 0 saturated heterocycles. The van der Waals surface area contributed by atoms with E-state index in [2.05, 4.69) is 4.99 Å². The highest BCUT2D eigenvalue weighted by atomic mass is 16.4. The van der Waals surface area contributed by atoms with Crippen molar-refractivity contribution >= 4 is 17.6 Å². The first-order valence-electron chi connectivity index (χ1n) is 5.17. The maximum Gasteiger partial charge on any atom is 0.259 e. The van der Waals surface area contributed by atoms with Gasteiger partial charge in [0.05, 0.1) is 11.6 Å². The molecule has 1 aliphatic rings. The first-order valence-corrected chi connectivity index (χ1v) is 5.17. The quantitative estimate of drug-likeness (QED) is 0.647. The highest BCUT2D eigenvalue weighted by molar-refractivity contribution is 6.22. The van der Waals surface area contributed by atoms with Crippen LogP contribution in [0.5, 0.6) is 0 Å². The van der Waals surface area contributed by atoms with Crippen molar-refractivity contribution in [2.45, 2.75) is 19.9 Å². The molecule has 2 atom stereocenters. The molecule has 6 nitrogen and oxygen atoms in total. The smallest absolute Gasteiger partial charge is 0.259 e. The van der Waals surface area contributed by atoms with Gasteiger partial charge >= 0.3 is 0 Å². The second kappa shape index (κ2) is 4.57. The summed E-state index contributed by atoms with van der Waals surface area (Å²) in [5, 5.41) is 20.8. The molecule has 0 aliphatic carbocycles. The maximum atomic E-state index is 11.9. The summed E-state index contributed by atoms with van der Waals surface area (Å²) in [5.41, 5.74) is 0.459. The van der Waals surface area contributed by atoms with Crippen molar-refractivity contribution in [1.29, 1.82) is 0 Å². The molecule has 1 N–H and O–H groups in total. The molecule has 0 aromatic heterocycles. The first kappa shape index (κ1) is 13.2. The molecule has 0 aromatic rings. The SMILES string of the molecule is CN=C(C)C1=C(O)C(C(C)C(=O)[O-])N(C)C1=O. The van der Waals surface area contributed by atoms with Gasteiger partial charge in [-0.15, -0.1) is 0 Å². The normalized spacial score (nSPS) is 23.3. The van der Waals surface area contributed by atoms with Gasteiger partial charge in [-0.3, -0.25) is 9.79 Å². The third kappa shape index (κ3) is 2.02. The molecule has 0 spiro atoms. The lowest BCUT2D eigenvalue weighted by molar-refractivity contribution is -0.312. The summed E-state index contributed by atoms with van der Waals surface area (Å²) in [4.78, 5) is 27.7. The van der Waals surface area contributed by atoms with Crippen LogP contribution in [0.15, 0.2) is 16.3 Å². The number of rotatable bonds is 3. The molecule has 2 unspecified atom stereocenters. The monoisotopic (exact) mass is 239 g/mol. The largest absolute Gasteiger partial charge is 0.550 e. The second-order valence-corrected chi connectivity index (χ2v) is 4.04. The minimum absolute atomic E-state index is 0.0769. The number of amides is 1. The zero-order chi connectivity index (χ0) is 13.3. The minimum atomic E-state index is -1.31. The summed E-state index contributed by atoms with van der Waals surface area (Å²) in [6.45, 7) is 2.98. The Morgan fingerprint density at radius 1 is 1.59 bits per heavy atom. The lowest BCUT2D eigenvalue weighted by Crippen LogP contribution is -2.44. The van der Waals surface area contributed by atoms with Crippen LogP contribution in [-0.2, 0) is 9.59 Å². The summed E-state index contributed by atoms with van der Waals surface area (Å²) in [6, 6.07) is -0.890. The van der Waals surface area contributed by atoms with Crippen LogP contribution in [0.4, 0.5) is 0 Å². The maximum absolute atomic E-state index is 11.9. The van der Waals surface area contributed by atoms with Crippen molar-refractivity contribution in [2.24, 2.45) is 10.9 Å². The van der Waals surface area contributed by atoms with Crippen molar-refractivity contribution in [1.82, 2.24) is 4.90 Å². The molecule has 0 bridgehead atoms. The first-order chi connectivity index (χ1) is 7.82. The van der Waals surface area contributed by atoms with Crippen molar-refractivity contribution < 1.29 is 19.8 Å². The van der Waals surface area contributed by atoms with E-state index in [0.29, 0.717) is 5.71 Å². The van der Waals surface area contributed by atoms with Crippen LogP contribution in [-0.4, -0.2) is 47.7 Å². The van der Waals surface area contributed by atoms with E-state index in [-0.39, 0.29) is 11.3 Å². The summed E-state index contributed by atoms with van der Waals surface area (Å²) in [7, 11) is 2.94. The average molecular weight is 239 g/mol. The van der Waals surface area contributed by atoms with Gasteiger partial charge < -0.3 is 19.9 Å². The Kier molecular flexibility index (Phi) is 3.55. The standard InChI is InChI=1S/C11H16N2O4/c1-5(11(16)17)8-9(14)7(6(2)12-3)10(15)13(8)4/h5,8,14H,1-4H3,(H,16,17)/p-1. The van der Waals surface area contributed by atoms with Gasteiger partial charge in [0, 0.05) is 31.7 Å². The van der Waals surface area contributed by atoms with E-state index in [9.17, 15) is 19.8 Å². The van der Waals surface area contributed by atoms with Crippen LogP contribution in [0.3, 0.4) is 0 Å². The van der Waals surface area contributed by atoms with E-state index < -0.39 is 23.8 Å². The Morgan fingerprint density at radius 3 is 2.53 bits per heavy atom. The second-order valence-electron chi connectivity index (χ2n) is 4.04. The Labute approximate surface area is 99.3 Å². The molecule has 0 aromatic carbocycles. The van der Waals surface area contributed by atoms with E-state index in [1.54, 1.807) is 6.92 Å². The number of hydrogen-bond acceptors (Lipinski definition) is 5. The van der Waals surface area contributed by atoms with Gasteiger partial charge in [0.15, 0.2) is 0 Å². The molecular weight excluding hydrogens is 224 g/mol. The van der Waals surface area contributed by atoms with Crippen LogP contribution in [0.2, 0.25) is 0 Å². The zero-order valence-corrected chi connectivity index (χ0v) is 10.2. The predicted octanol–water partition coefficient (Wildman–Crippen LogP) is -0.884. The number of carbonyl (C=O) groups excluding carboxylic acids is 2. The van der Waals surface area contributed by atoms with Crippen LogP contribution >= 0.6 is 0 Å². The third-order valence-electron chi connectivity index (χ3n) is 3.03. The fourth-order valence-electron chi connectivity index (χ4n) is 1.90. The third-order valence-corrected chi connectivity index (χ3v) is 3.03. The molecule has 0 fully saturated rings. The van der Waals surface area contributed by atoms with E-state index in [1.807, 2.05) is 0 Å². The number of carboxylic acid groups (broad SMARTS) is 1. The zero-order valence-electron chi connectivity index (χ0n) is 10.2. The molecule has 0 radical (unpaired) electrons. The van der Waals surface area contributed by atoms with Gasteiger partial charge in [-0.05, 0) is 6.92 Å². The summed E-state index contributed by atoms with van der Waals surface area (Å²) >= 11 is 0. The summed E-state index contributed by atoms with van der Waals surface area (Å²) in [6.07, 6.45) is 0. The van der Waals surface area contributed by atoms with Crippen LogP contribution < -0.4 is 5.11 Å². The molecule has 6 heteroatoms. The van der Waals surface area contributed by atoms with Crippen molar-refractivity contribution in [3.63, 3.8) is 0 Å². The van der Waals surface area contributed by atoms with Gasteiger partial charge in [0.2, 0.25) is 0 Å². The predicted molar refractivity (Wildman–Crippen MR) is 59.4 cm³/mol. The number of likely N-dealkylation sites (N-methyl/N-ethyl adjacent to an activating group) is 1. The van der Waals surface area contributed by atoms with Crippen molar-refractivity contribution in [3.05, 3.63) is 11.3 Å². The highest BCUT2D eigenvalue weighted by Crippen LogP contribution is 2.28. The van der Waals surface area contributed by atoms with E-state index in [4.69, 9.17) is 0 Å². The topological polar surface area (TPSA) is 93.0 Å². The van der Waals surface area contributed by atoms with E-state index >= 15 is 0 Å². The van der Waals surface area contributed by atoms with E-state index in [0.717, 1.165) is 0 Å². The molecule has 1 heterocycles. The van der Waals surface area contributed by atoms with Gasteiger partial charge in [-0.2, -0.15) is 0 Å². The number of aliphatic hydroxyl groups excluding tert-OH is 1. The van der Waals surface area contributed by atoms with Crippen LogP contribution in [0, 0.1) is 5.92 Å². The minimum Gasteiger partial charge on any atom is -0.550 e. The van der Waals surface area contributed by atoms with Crippen molar-refractivity contribution in [3.8, 4) is 0 Å². The van der Waals surface area contributed by atoms with Gasteiger partial charge in [-0.1, -0.05) is 6.92 Å². The van der Waals surface area contributed by atoms with Crippen LogP contribution in [0.25, 0.3) is 0 Å². The highest BCUT2D eigenvalue weighted by Gasteiger charge is 2.41. The molecular formula is C11H15N2O4-. The lowest BCUT2D eigenvalue weighted by Gasteiger charge is -2.27. The lowest BCUT2D eigenvalue weighted by atomic mass is 9.99. The van der Waals surface area contributed by atoms with E-state index in [1.165, 1.54) is 25.9 Å². The number of aliphatic carboxylic acids is 1. The van der Waals surface area contributed by atoms with Gasteiger partial charge in [-0.25, -0.2) is 0 Å². The number of carboxylic acids is 1. The summed E-state index contributed by atoms with van der Waals surface area (Å²) < 4.78 is 0. The molecule has 1 aliphatic heterocycles. The molecule has 1 rings (SSSR count). The number of aliphatic hydroxyl groups is 1. The fourth-order valence-corrected chi connectivity index (χ4v) is 1.90. The Bertz CT molecular complexity index is 425. The molecule has 17 heavy (non-hydrogen) atoms. The number of carbonyl (C=O) groups is 2. The Hall–Kier alpha value is -1.85.